The van der Waals surface area contributed by atoms with Crippen molar-refractivity contribution in [2.75, 3.05) is 6.54 Å². The van der Waals surface area contributed by atoms with Gasteiger partial charge in [-0.3, -0.25) is 4.79 Å². The standard InChI is InChI=1S/C18H19N3O2S/c22-16(19-12-4-8-14-6-2-1-3-7-14)10-11-17-20-21-18(23-17)15-9-5-13-24-15/h1-3,5-7,9,13H,4,8,10-12H2,(H,19,22). The quantitative estimate of drug-likeness (QED) is 0.637. The summed E-state index contributed by atoms with van der Waals surface area (Å²) < 4.78 is 5.57. The highest BCUT2D eigenvalue weighted by atomic mass is 32.1. The van der Waals surface area contributed by atoms with Gasteiger partial charge in [-0.15, -0.1) is 21.5 Å². The number of thiophene rings is 1. The highest BCUT2D eigenvalue weighted by molar-refractivity contribution is 7.13. The van der Waals surface area contributed by atoms with Gasteiger partial charge in [0.25, 0.3) is 5.89 Å². The predicted molar refractivity (Wildman–Crippen MR) is 93.7 cm³/mol. The van der Waals surface area contributed by atoms with Crippen LogP contribution in [0.3, 0.4) is 0 Å². The number of amides is 1. The van der Waals surface area contributed by atoms with Crippen LogP contribution >= 0.6 is 11.3 Å². The largest absolute Gasteiger partial charge is 0.420 e. The van der Waals surface area contributed by atoms with Crippen LogP contribution in [0.15, 0.2) is 52.3 Å². The Kier molecular flexibility index (Phi) is 5.74. The number of carbonyl (C=O) groups is 1. The molecule has 0 spiro atoms. The first-order valence-corrected chi connectivity index (χ1v) is 8.86. The van der Waals surface area contributed by atoms with E-state index < -0.39 is 0 Å². The summed E-state index contributed by atoms with van der Waals surface area (Å²) in [5.41, 5.74) is 1.29. The summed E-state index contributed by atoms with van der Waals surface area (Å²) in [6.07, 6.45) is 2.72. The third-order valence-corrected chi connectivity index (χ3v) is 4.43. The van der Waals surface area contributed by atoms with Crippen molar-refractivity contribution in [2.45, 2.75) is 25.7 Å². The highest BCUT2D eigenvalue weighted by Crippen LogP contribution is 2.23. The SMILES string of the molecule is O=C(CCc1nnc(-c2cccs2)o1)NCCCc1ccccc1. The van der Waals surface area contributed by atoms with Gasteiger partial charge in [0, 0.05) is 19.4 Å². The molecule has 0 radical (unpaired) electrons. The van der Waals surface area contributed by atoms with Gasteiger partial charge < -0.3 is 9.73 Å². The van der Waals surface area contributed by atoms with Gasteiger partial charge in [-0.1, -0.05) is 36.4 Å². The lowest BCUT2D eigenvalue weighted by molar-refractivity contribution is -0.121. The molecule has 1 aromatic carbocycles. The zero-order chi connectivity index (χ0) is 16.6. The van der Waals surface area contributed by atoms with E-state index in [4.69, 9.17) is 4.42 Å². The third-order valence-electron chi connectivity index (χ3n) is 3.57. The molecule has 124 valence electrons. The number of benzene rings is 1. The lowest BCUT2D eigenvalue weighted by atomic mass is 10.1. The fraction of sp³-hybridized carbons (Fsp3) is 0.278. The first kappa shape index (κ1) is 16.4. The van der Waals surface area contributed by atoms with Crippen molar-refractivity contribution in [1.82, 2.24) is 15.5 Å². The Morgan fingerprint density at radius 1 is 1.08 bits per heavy atom. The van der Waals surface area contributed by atoms with Gasteiger partial charge in [-0.05, 0) is 29.9 Å². The number of carbonyl (C=O) groups excluding carboxylic acids is 1. The van der Waals surface area contributed by atoms with Crippen molar-refractivity contribution >= 4 is 17.2 Å². The van der Waals surface area contributed by atoms with E-state index in [2.05, 4.69) is 27.6 Å². The minimum absolute atomic E-state index is 0.0129. The van der Waals surface area contributed by atoms with Gasteiger partial charge in [0.1, 0.15) is 0 Å². The number of nitrogens with one attached hydrogen (secondary N) is 1. The molecular weight excluding hydrogens is 322 g/mol. The fourth-order valence-corrected chi connectivity index (χ4v) is 2.97. The van der Waals surface area contributed by atoms with Gasteiger partial charge >= 0.3 is 0 Å². The molecular formula is C18H19N3O2S. The number of rotatable bonds is 8. The average Bonchev–Trinajstić information content (AvgIpc) is 3.29. The molecule has 3 aromatic rings. The predicted octanol–water partition coefficient (Wildman–Crippen LogP) is 3.48. The molecule has 24 heavy (non-hydrogen) atoms. The summed E-state index contributed by atoms with van der Waals surface area (Å²) in [7, 11) is 0. The summed E-state index contributed by atoms with van der Waals surface area (Å²) in [6.45, 7) is 0.679. The lowest BCUT2D eigenvalue weighted by Crippen LogP contribution is -2.25. The van der Waals surface area contributed by atoms with Crippen LogP contribution in [-0.4, -0.2) is 22.6 Å². The Labute approximate surface area is 144 Å². The van der Waals surface area contributed by atoms with Crippen molar-refractivity contribution in [1.29, 1.82) is 0 Å². The van der Waals surface area contributed by atoms with E-state index in [0.717, 1.165) is 17.7 Å². The van der Waals surface area contributed by atoms with Crippen molar-refractivity contribution in [3.05, 3.63) is 59.3 Å². The number of hydrogen-bond acceptors (Lipinski definition) is 5. The first-order valence-electron chi connectivity index (χ1n) is 7.98. The minimum atomic E-state index is 0.0129. The second kappa shape index (κ2) is 8.40. The Morgan fingerprint density at radius 3 is 2.75 bits per heavy atom. The van der Waals surface area contributed by atoms with Crippen LogP contribution in [0.2, 0.25) is 0 Å². The molecule has 0 saturated carbocycles. The van der Waals surface area contributed by atoms with E-state index in [0.29, 0.717) is 31.2 Å². The molecule has 3 rings (SSSR count). The van der Waals surface area contributed by atoms with Gasteiger partial charge in [0.2, 0.25) is 11.8 Å². The maximum Gasteiger partial charge on any atom is 0.257 e. The normalized spacial score (nSPS) is 10.7. The molecule has 5 nitrogen and oxygen atoms in total. The second-order valence-corrected chi connectivity index (χ2v) is 6.37. The van der Waals surface area contributed by atoms with Crippen molar-refractivity contribution in [2.24, 2.45) is 0 Å². The Hall–Kier alpha value is -2.47. The van der Waals surface area contributed by atoms with Crippen LogP contribution in [0.1, 0.15) is 24.3 Å². The number of aryl methyl sites for hydroxylation is 2. The zero-order valence-electron chi connectivity index (χ0n) is 13.3. The Bertz CT molecular complexity index is 754. The molecule has 0 aliphatic carbocycles. The van der Waals surface area contributed by atoms with Gasteiger partial charge in [0.15, 0.2) is 0 Å². The summed E-state index contributed by atoms with van der Waals surface area (Å²) in [4.78, 5) is 12.8. The van der Waals surface area contributed by atoms with E-state index in [-0.39, 0.29) is 5.91 Å². The van der Waals surface area contributed by atoms with Crippen molar-refractivity contribution < 1.29 is 9.21 Å². The number of hydrogen-bond donors (Lipinski definition) is 1. The molecule has 1 amide bonds. The van der Waals surface area contributed by atoms with E-state index in [9.17, 15) is 4.79 Å². The third kappa shape index (κ3) is 4.76. The molecule has 0 atom stereocenters. The minimum Gasteiger partial charge on any atom is -0.420 e. The van der Waals surface area contributed by atoms with E-state index in [1.165, 1.54) is 5.56 Å². The Balaban J connectivity index is 1.35. The smallest absolute Gasteiger partial charge is 0.257 e. The van der Waals surface area contributed by atoms with Crippen LogP contribution in [0.25, 0.3) is 10.8 Å². The van der Waals surface area contributed by atoms with Gasteiger partial charge in [-0.25, -0.2) is 0 Å². The maximum atomic E-state index is 11.9. The van der Waals surface area contributed by atoms with Crippen LogP contribution in [-0.2, 0) is 17.6 Å². The monoisotopic (exact) mass is 341 g/mol. The molecule has 0 aliphatic rings. The number of aromatic nitrogens is 2. The van der Waals surface area contributed by atoms with Crippen LogP contribution in [0, 0.1) is 0 Å². The maximum absolute atomic E-state index is 11.9. The van der Waals surface area contributed by atoms with Crippen molar-refractivity contribution in [3.63, 3.8) is 0 Å². The molecule has 2 heterocycles. The van der Waals surface area contributed by atoms with E-state index in [1.807, 2.05) is 35.7 Å². The Morgan fingerprint density at radius 2 is 1.96 bits per heavy atom. The molecule has 1 N–H and O–H groups in total. The summed E-state index contributed by atoms with van der Waals surface area (Å²) in [5, 5.41) is 12.9. The number of nitrogens with zero attached hydrogens (tertiary/aromatic N) is 2. The molecule has 2 aromatic heterocycles. The lowest BCUT2D eigenvalue weighted by Gasteiger charge is -2.04. The zero-order valence-corrected chi connectivity index (χ0v) is 14.1. The molecule has 6 heteroatoms. The van der Waals surface area contributed by atoms with E-state index >= 15 is 0 Å². The van der Waals surface area contributed by atoms with E-state index in [1.54, 1.807) is 11.3 Å². The topological polar surface area (TPSA) is 68.0 Å². The van der Waals surface area contributed by atoms with Crippen molar-refractivity contribution in [3.8, 4) is 10.8 Å². The summed E-state index contributed by atoms with van der Waals surface area (Å²) in [6, 6.07) is 14.1. The summed E-state index contributed by atoms with van der Waals surface area (Å²) >= 11 is 1.55. The molecule has 0 saturated heterocycles. The first-order chi connectivity index (χ1) is 11.8. The molecule has 0 unspecified atom stereocenters. The van der Waals surface area contributed by atoms with Crippen LogP contribution in [0.4, 0.5) is 0 Å². The molecule has 0 fully saturated rings. The summed E-state index contributed by atoms with van der Waals surface area (Å²) in [5.74, 6) is 1.03. The second-order valence-electron chi connectivity index (χ2n) is 5.42. The van der Waals surface area contributed by atoms with Gasteiger partial charge in [-0.2, -0.15) is 0 Å². The molecule has 0 bridgehead atoms. The van der Waals surface area contributed by atoms with Crippen LogP contribution < -0.4 is 5.32 Å². The highest BCUT2D eigenvalue weighted by Gasteiger charge is 2.10. The van der Waals surface area contributed by atoms with Gasteiger partial charge in [0.05, 0.1) is 4.88 Å². The molecule has 0 aliphatic heterocycles. The van der Waals surface area contributed by atoms with Crippen LogP contribution in [0.5, 0.6) is 0 Å². The fourth-order valence-electron chi connectivity index (χ4n) is 2.33. The average molecular weight is 341 g/mol.